The minimum Gasteiger partial charge on any atom is -0.370 e. The molecular formula is C27H33N7O2S2. The second-order valence-corrected chi connectivity index (χ2v) is 12.1. The molecule has 9 nitrogen and oxygen atoms in total. The second-order valence-electron chi connectivity index (χ2n) is 10.6. The molecule has 0 saturated heterocycles. The first-order valence-electron chi connectivity index (χ1n) is 12.9. The molecule has 1 saturated carbocycles. The van der Waals surface area contributed by atoms with Crippen LogP contribution in [-0.2, 0) is 17.8 Å². The van der Waals surface area contributed by atoms with E-state index >= 15 is 0 Å². The summed E-state index contributed by atoms with van der Waals surface area (Å²) in [7, 11) is 5.62. The van der Waals surface area contributed by atoms with Gasteiger partial charge in [-0.3, -0.25) is 9.59 Å². The fourth-order valence-corrected chi connectivity index (χ4v) is 6.58. The van der Waals surface area contributed by atoms with Crippen molar-refractivity contribution < 1.29 is 9.59 Å². The van der Waals surface area contributed by atoms with Gasteiger partial charge < -0.3 is 20.4 Å². The minimum absolute atomic E-state index is 0.0775. The Balaban J connectivity index is 1.34. The largest absolute Gasteiger partial charge is 0.370 e. The molecule has 2 aromatic heterocycles. The number of benzene rings is 1. The van der Waals surface area contributed by atoms with Gasteiger partial charge in [0.1, 0.15) is 10.7 Å². The molecule has 2 aliphatic rings. The Morgan fingerprint density at radius 1 is 1.13 bits per heavy atom. The van der Waals surface area contributed by atoms with Crippen LogP contribution in [0.3, 0.4) is 0 Å². The normalized spacial score (nSPS) is 21.5. The number of carbonyl (C=O) groups excluding carboxylic acids is 2. The molecule has 0 radical (unpaired) electrons. The van der Waals surface area contributed by atoms with Crippen LogP contribution < -0.4 is 10.6 Å². The topological polar surface area (TPSA) is 103 Å². The Kier molecular flexibility index (Phi) is 7.69. The molecule has 3 heterocycles. The van der Waals surface area contributed by atoms with Gasteiger partial charge in [0, 0.05) is 55.8 Å². The molecule has 2 amide bonds. The number of likely N-dealkylation sites (N-methyl/N-ethyl adjacent to an activating group) is 1. The molecule has 0 bridgehead atoms. The molecule has 1 fully saturated rings. The third-order valence-electron chi connectivity index (χ3n) is 7.37. The number of amides is 2. The number of nitrogens with one attached hydrogen (secondary N) is 2. The van der Waals surface area contributed by atoms with Gasteiger partial charge in [-0.2, -0.15) is 0 Å². The first kappa shape index (κ1) is 26.6. The number of thiazole rings is 1. The maximum Gasteiger partial charge on any atom is 0.280 e. The van der Waals surface area contributed by atoms with E-state index in [4.69, 9.17) is 12.2 Å². The van der Waals surface area contributed by atoms with Gasteiger partial charge in [0.2, 0.25) is 5.91 Å². The Morgan fingerprint density at radius 3 is 2.74 bits per heavy atom. The third kappa shape index (κ3) is 5.69. The van der Waals surface area contributed by atoms with Gasteiger partial charge in [-0.1, -0.05) is 24.4 Å². The van der Waals surface area contributed by atoms with E-state index in [2.05, 4.69) is 37.8 Å². The highest BCUT2D eigenvalue weighted by Crippen LogP contribution is 2.28. The molecule has 3 atom stereocenters. The van der Waals surface area contributed by atoms with Crippen LogP contribution in [0, 0.1) is 12.8 Å². The smallest absolute Gasteiger partial charge is 0.280 e. The molecule has 1 aliphatic heterocycles. The summed E-state index contributed by atoms with van der Waals surface area (Å²) in [5.41, 5.74) is 3.55. The highest BCUT2D eigenvalue weighted by Gasteiger charge is 2.36. The number of nitrogens with zero attached hydrogens (tertiary/aromatic N) is 5. The van der Waals surface area contributed by atoms with Crippen molar-refractivity contribution in [2.24, 2.45) is 5.92 Å². The van der Waals surface area contributed by atoms with Crippen molar-refractivity contribution in [2.45, 2.75) is 51.2 Å². The summed E-state index contributed by atoms with van der Waals surface area (Å²) >= 11 is 7.18. The Hall–Kier alpha value is -3.02. The second kappa shape index (κ2) is 11.0. The monoisotopic (exact) mass is 551 g/mol. The lowest BCUT2D eigenvalue weighted by Crippen LogP contribution is -2.55. The lowest BCUT2D eigenvalue weighted by Gasteiger charge is -2.37. The molecule has 1 aliphatic carbocycles. The van der Waals surface area contributed by atoms with E-state index in [9.17, 15) is 9.59 Å². The zero-order valence-corrected chi connectivity index (χ0v) is 23.8. The van der Waals surface area contributed by atoms with Crippen LogP contribution in [0.1, 0.15) is 50.9 Å². The minimum atomic E-state index is -0.289. The number of aromatic nitrogens is 3. The van der Waals surface area contributed by atoms with Crippen LogP contribution in [0.2, 0.25) is 0 Å². The first-order valence-corrected chi connectivity index (χ1v) is 14.1. The van der Waals surface area contributed by atoms with Gasteiger partial charge in [-0.05, 0) is 50.9 Å². The van der Waals surface area contributed by atoms with Crippen molar-refractivity contribution in [3.05, 3.63) is 51.1 Å². The van der Waals surface area contributed by atoms with Gasteiger partial charge >= 0.3 is 0 Å². The van der Waals surface area contributed by atoms with E-state index in [0.29, 0.717) is 35.0 Å². The number of aryl methyl sites for hydroxylation is 1. The van der Waals surface area contributed by atoms with E-state index in [1.165, 1.54) is 11.3 Å². The molecule has 1 aromatic carbocycles. The fraction of sp³-hybridized carbons (Fsp3) is 0.481. The number of fused-ring (bicyclic) bond motifs is 2. The Labute approximate surface area is 232 Å². The molecule has 38 heavy (non-hydrogen) atoms. The van der Waals surface area contributed by atoms with Crippen molar-refractivity contribution in [2.75, 3.05) is 27.7 Å². The summed E-state index contributed by atoms with van der Waals surface area (Å²) in [6, 6.07) is 7.54. The molecular weight excluding hydrogens is 518 g/mol. The number of hydrogen-bond donors (Lipinski definition) is 2. The summed E-state index contributed by atoms with van der Waals surface area (Å²) < 4.78 is 0. The summed E-state index contributed by atoms with van der Waals surface area (Å²) in [4.78, 5) is 36.3. The molecule has 11 heteroatoms. The van der Waals surface area contributed by atoms with Crippen LogP contribution in [-0.4, -0.2) is 81.6 Å². The van der Waals surface area contributed by atoms with Crippen LogP contribution >= 0.6 is 23.6 Å². The highest BCUT2D eigenvalue weighted by molar-refractivity contribution is 7.80. The van der Waals surface area contributed by atoms with Crippen LogP contribution in [0.4, 0.5) is 0 Å². The van der Waals surface area contributed by atoms with E-state index in [1.54, 1.807) is 19.0 Å². The van der Waals surface area contributed by atoms with Crippen LogP contribution in [0.15, 0.2) is 24.3 Å². The Morgan fingerprint density at radius 2 is 1.95 bits per heavy atom. The molecule has 0 unspecified atom stereocenters. The molecule has 200 valence electrons. The van der Waals surface area contributed by atoms with Gasteiger partial charge in [0.05, 0.1) is 17.3 Å². The maximum absolute atomic E-state index is 13.3. The standard InChI is InChI=1S/C27H33N7O2S2/c1-15-5-6-16-12-22(32-31-20(16)11-15)25(37)29-18-8-7-17(27(36)33(2)3)13-21(18)28-24(35)26-30-19-9-10-34(4)14-23(19)38-26/h5-6,11-12,17-18,21H,7-10,13-14H2,1-4H3,(H,28,35)(H,29,37)/t17-,18-,21+/m0/s1. The van der Waals surface area contributed by atoms with Gasteiger partial charge in [-0.25, -0.2) is 4.98 Å². The zero-order chi connectivity index (χ0) is 27.0. The lowest BCUT2D eigenvalue weighted by molar-refractivity contribution is -0.134. The van der Waals surface area contributed by atoms with Crippen molar-refractivity contribution >= 4 is 51.3 Å². The van der Waals surface area contributed by atoms with Crippen molar-refractivity contribution in [1.82, 2.24) is 35.6 Å². The fourth-order valence-electron chi connectivity index (χ4n) is 5.24. The SMILES string of the molecule is Cc1ccc2cc(C(=S)N[C@H]3CC[C@H](C(=O)N(C)C)C[C@H]3NC(=O)c3nc4c(s3)CN(C)CC4)nnc2c1. The van der Waals surface area contributed by atoms with Crippen LogP contribution in [0.5, 0.6) is 0 Å². The first-order chi connectivity index (χ1) is 18.2. The molecule has 0 spiro atoms. The van der Waals surface area contributed by atoms with E-state index < -0.39 is 0 Å². The average molecular weight is 552 g/mol. The summed E-state index contributed by atoms with van der Waals surface area (Å²) in [5.74, 6) is -0.286. The van der Waals surface area contributed by atoms with Gasteiger partial charge in [-0.15, -0.1) is 21.5 Å². The summed E-state index contributed by atoms with van der Waals surface area (Å²) in [6.45, 7) is 3.77. The highest BCUT2D eigenvalue weighted by atomic mass is 32.1. The number of carbonyl (C=O) groups is 2. The average Bonchev–Trinajstić information content (AvgIpc) is 3.32. The van der Waals surface area contributed by atoms with E-state index in [0.717, 1.165) is 46.5 Å². The van der Waals surface area contributed by atoms with Gasteiger partial charge in [0.15, 0.2) is 5.01 Å². The quantitative estimate of drug-likeness (QED) is 0.467. The summed E-state index contributed by atoms with van der Waals surface area (Å²) in [5, 5.41) is 16.7. The van der Waals surface area contributed by atoms with Crippen molar-refractivity contribution in [1.29, 1.82) is 0 Å². The maximum atomic E-state index is 13.3. The van der Waals surface area contributed by atoms with E-state index in [1.807, 2.05) is 31.2 Å². The summed E-state index contributed by atoms with van der Waals surface area (Å²) in [6.07, 6.45) is 2.78. The third-order valence-corrected chi connectivity index (χ3v) is 8.77. The van der Waals surface area contributed by atoms with Gasteiger partial charge in [0.25, 0.3) is 5.91 Å². The number of hydrogen-bond acceptors (Lipinski definition) is 8. The number of rotatable bonds is 5. The predicted octanol–water partition coefficient (Wildman–Crippen LogP) is 2.70. The van der Waals surface area contributed by atoms with Crippen molar-refractivity contribution in [3.63, 3.8) is 0 Å². The molecule has 2 N–H and O–H groups in total. The predicted molar refractivity (Wildman–Crippen MR) is 152 cm³/mol. The lowest BCUT2D eigenvalue weighted by atomic mass is 9.81. The molecule has 5 rings (SSSR count). The Bertz CT molecular complexity index is 1390. The molecule has 3 aromatic rings. The van der Waals surface area contributed by atoms with E-state index in [-0.39, 0.29) is 29.8 Å². The van der Waals surface area contributed by atoms with Crippen LogP contribution in [0.25, 0.3) is 10.9 Å². The zero-order valence-electron chi connectivity index (χ0n) is 22.2. The van der Waals surface area contributed by atoms with Crippen molar-refractivity contribution in [3.8, 4) is 0 Å². The number of thiocarbonyl (C=S) groups is 1.